The highest BCUT2D eigenvalue weighted by molar-refractivity contribution is 5.37. The first-order chi connectivity index (χ1) is 10.2. The third-order valence-electron chi connectivity index (χ3n) is 3.73. The number of pyridine rings is 2. The molecule has 0 spiro atoms. The number of nitrogens with zero attached hydrogens (tertiary/aromatic N) is 2. The third-order valence-corrected chi connectivity index (χ3v) is 3.73. The normalized spacial score (nSPS) is 15.9. The van der Waals surface area contributed by atoms with Crippen LogP contribution in [0.2, 0.25) is 0 Å². The summed E-state index contributed by atoms with van der Waals surface area (Å²) in [5.41, 5.74) is 3.02. The first-order valence-corrected chi connectivity index (χ1v) is 7.38. The molecule has 2 aromatic rings. The van der Waals surface area contributed by atoms with E-state index in [1.807, 2.05) is 38.1 Å². The van der Waals surface area contributed by atoms with Crippen LogP contribution in [0.15, 0.2) is 30.5 Å². The summed E-state index contributed by atoms with van der Waals surface area (Å²) in [5.74, 6) is 2.07. The molecule has 1 saturated heterocycles. The minimum atomic E-state index is 0.414. The molecule has 21 heavy (non-hydrogen) atoms. The van der Waals surface area contributed by atoms with Crippen LogP contribution < -0.4 is 4.74 Å². The summed E-state index contributed by atoms with van der Waals surface area (Å²) in [6, 6.07) is 7.82. The zero-order chi connectivity index (χ0) is 14.7. The summed E-state index contributed by atoms with van der Waals surface area (Å²) in [6.45, 7) is 5.57. The first kappa shape index (κ1) is 14.0. The molecular weight excluding hydrogens is 264 g/mol. The van der Waals surface area contributed by atoms with Crippen molar-refractivity contribution in [2.45, 2.75) is 32.6 Å². The zero-order valence-electron chi connectivity index (χ0n) is 12.5. The minimum absolute atomic E-state index is 0.414. The third kappa shape index (κ3) is 3.39. The van der Waals surface area contributed by atoms with E-state index in [1.165, 1.54) is 0 Å². The summed E-state index contributed by atoms with van der Waals surface area (Å²) in [6.07, 6.45) is 3.77. The highest BCUT2D eigenvalue weighted by Gasteiger charge is 2.21. The Morgan fingerprint density at radius 3 is 2.67 bits per heavy atom. The SMILES string of the molecule is Cc1cc(Oc2ccc(C)nc2C2CCOCC2)ccn1. The second kappa shape index (κ2) is 6.22. The van der Waals surface area contributed by atoms with Crippen LogP contribution >= 0.6 is 0 Å². The van der Waals surface area contributed by atoms with Crippen molar-refractivity contribution in [3.63, 3.8) is 0 Å². The average Bonchev–Trinajstić information content (AvgIpc) is 2.50. The van der Waals surface area contributed by atoms with Gasteiger partial charge in [0.05, 0.1) is 5.69 Å². The fourth-order valence-electron chi connectivity index (χ4n) is 2.62. The van der Waals surface area contributed by atoms with Gasteiger partial charge in [0.2, 0.25) is 0 Å². The van der Waals surface area contributed by atoms with E-state index in [1.54, 1.807) is 6.20 Å². The molecule has 0 unspecified atom stereocenters. The Hall–Kier alpha value is -1.94. The molecule has 0 amide bonds. The van der Waals surface area contributed by atoms with Gasteiger partial charge in [-0.2, -0.15) is 0 Å². The van der Waals surface area contributed by atoms with Crippen LogP contribution in [0.25, 0.3) is 0 Å². The molecule has 4 heteroatoms. The topological polar surface area (TPSA) is 44.2 Å². The van der Waals surface area contributed by atoms with E-state index >= 15 is 0 Å². The van der Waals surface area contributed by atoms with Gasteiger partial charge in [-0.05, 0) is 44.9 Å². The molecule has 1 aliphatic heterocycles. The molecule has 0 radical (unpaired) electrons. The highest BCUT2D eigenvalue weighted by atomic mass is 16.5. The summed E-state index contributed by atoms with van der Waals surface area (Å²) < 4.78 is 11.5. The number of rotatable bonds is 3. The average molecular weight is 284 g/mol. The largest absolute Gasteiger partial charge is 0.455 e. The standard InChI is InChI=1S/C17H20N2O2/c1-12-3-4-16(21-15-5-8-18-13(2)11-15)17(19-12)14-6-9-20-10-7-14/h3-5,8,11,14H,6-7,9-10H2,1-2H3. The van der Waals surface area contributed by atoms with E-state index in [4.69, 9.17) is 14.5 Å². The molecule has 0 atom stereocenters. The summed E-state index contributed by atoms with van der Waals surface area (Å²) in [4.78, 5) is 8.91. The van der Waals surface area contributed by atoms with E-state index < -0.39 is 0 Å². The van der Waals surface area contributed by atoms with Crippen molar-refractivity contribution in [3.05, 3.63) is 47.5 Å². The number of aryl methyl sites for hydroxylation is 2. The van der Waals surface area contributed by atoms with Crippen LogP contribution in [-0.4, -0.2) is 23.2 Å². The van der Waals surface area contributed by atoms with E-state index in [0.717, 1.165) is 54.6 Å². The van der Waals surface area contributed by atoms with Gasteiger partial charge in [-0.15, -0.1) is 0 Å². The van der Waals surface area contributed by atoms with Gasteiger partial charge in [-0.1, -0.05) is 0 Å². The molecule has 0 bridgehead atoms. The first-order valence-electron chi connectivity index (χ1n) is 7.38. The molecule has 0 aromatic carbocycles. The van der Waals surface area contributed by atoms with Crippen LogP contribution in [0, 0.1) is 13.8 Å². The number of hydrogen-bond acceptors (Lipinski definition) is 4. The molecule has 1 fully saturated rings. The van der Waals surface area contributed by atoms with Gasteiger partial charge in [0, 0.05) is 42.8 Å². The lowest BCUT2D eigenvalue weighted by Crippen LogP contribution is -2.16. The molecule has 1 aliphatic rings. The fraction of sp³-hybridized carbons (Fsp3) is 0.412. The molecule has 4 nitrogen and oxygen atoms in total. The van der Waals surface area contributed by atoms with Crippen LogP contribution in [-0.2, 0) is 4.74 Å². The molecule has 0 N–H and O–H groups in total. The summed E-state index contributed by atoms with van der Waals surface area (Å²) in [7, 11) is 0. The lowest BCUT2D eigenvalue weighted by atomic mass is 9.95. The lowest BCUT2D eigenvalue weighted by Gasteiger charge is -2.23. The maximum Gasteiger partial charge on any atom is 0.149 e. The van der Waals surface area contributed by atoms with Crippen molar-refractivity contribution in [2.75, 3.05) is 13.2 Å². The smallest absolute Gasteiger partial charge is 0.149 e. The Morgan fingerprint density at radius 1 is 1.10 bits per heavy atom. The Labute approximate surface area is 125 Å². The molecule has 2 aromatic heterocycles. The van der Waals surface area contributed by atoms with Crippen LogP contribution in [0.4, 0.5) is 0 Å². The van der Waals surface area contributed by atoms with Gasteiger partial charge >= 0.3 is 0 Å². The number of aromatic nitrogens is 2. The molecule has 0 aliphatic carbocycles. The maximum absolute atomic E-state index is 6.06. The van der Waals surface area contributed by atoms with E-state index in [2.05, 4.69) is 4.98 Å². The highest BCUT2D eigenvalue weighted by Crippen LogP contribution is 2.34. The second-order valence-corrected chi connectivity index (χ2v) is 5.46. The Kier molecular flexibility index (Phi) is 4.15. The Morgan fingerprint density at radius 2 is 1.90 bits per heavy atom. The lowest BCUT2D eigenvalue weighted by molar-refractivity contribution is 0.0840. The van der Waals surface area contributed by atoms with Gasteiger partial charge in [-0.25, -0.2) is 0 Å². The van der Waals surface area contributed by atoms with Crippen molar-refractivity contribution in [2.24, 2.45) is 0 Å². The van der Waals surface area contributed by atoms with Gasteiger partial charge in [0.25, 0.3) is 0 Å². The fourth-order valence-corrected chi connectivity index (χ4v) is 2.62. The molecular formula is C17H20N2O2. The second-order valence-electron chi connectivity index (χ2n) is 5.46. The Bertz CT molecular complexity index is 622. The summed E-state index contributed by atoms with van der Waals surface area (Å²) in [5, 5.41) is 0. The molecule has 110 valence electrons. The van der Waals surface area contributed by atoms with Crippen LogP contribution in [0.1, 0.15) is 35.8 Å². The molecule has 0 saturated carbocycles. The molecule has 3 rings (SSSR count). The van der Waals surface area contributed by atoms with Crippen molar-refractivity contribution in [1.29, 1.82) is 0 Å². The van der Waals surface area contributed by atoms with Crippen LogP contribution in [0.5, 0.6) is 11.5 Å². The summed E-state index contributed by atoms with van der Waals surface area (Å²) >= 11 is 0. The number of ether oxygens (including phenoxy) is 2. The number of hydrogen-bond donors (Lipinski definition) is 0. The van der Waals surface area contributed by atoms with Gasteiger partial charge < -0.3 is 9.47 Å². The van der Waals surface area contributed by atoms with Crippen molar-refractivity contribution in [3.8, 4) is 11.5 Å². The quantitative estimate of drug-likeness (QED) is 0.860. The monoisotopic (exact) mass is 284 g/mol. The zero-order valence-corrected chi connectivity index (χ0v) is 12.5. The maximum atomic E-state index is 6.06. The van der Waals surface area contributed by atoms with E-state index in [9.17, 15) is 0 Å². The van der Waals surface area contributed by atoms with Crippen molar-refractivity contribution < 1.29 is 9.47 Å². The van der Waals surface area contributed by atoms with E-state index in [-0.39, 0.29) is 0 Å². The minimum Gasteiger partial charge on any atom is -0.455 e. The van der Waals surface area contributed by atoms with Crippen molar-refractivity contribution >= 4 is 0 Å². The Balaban J connectivity index is 1.90. The van der Waals surface area contributed by atoms with Gasteiger partial charge in [0.15, 0.2) is 0 Å². The van der Waals surface area contributed by atoms with Crippen molar-refractivity contribution in [1.82, 2.24) is 9.97 Å². The van der Waals surface area contributed by atoms with Gasteiger partial charge in [0.1, 0.15) is 11.5 Å². The molecule has 3 heterocycles. The predicted octanol–water partition coefficient (Wildman–Crippen LogP) is 3.78. The van der Waals surface area contributed by atoms with Crippen LogP contribution in [0.3, 0.4) is 0 Å². The van der Waals surface area contributed by atoms with Gasteiger partial charge in [-0.3, -0.25) is 9.97 Å². The predicted molar refractivity (Wildman–Crippen MR) is 80.8 cm³/mol. The van der Waals surface area contributed by atoms with E-state index in [0.29, 0.717) is 5.92 Å².